The van der Waals surface area contributed by atoms with E-state index in [-0.39, 0.29) is 5.91 Å². The van der Waals surface area contributed by atoms with Crippen molar-refractivity contribution in [2.24, 2.45) is 5.92 Å². The highest BCUT2D eigenvalue weighted by atomic mass is 35.5. The molecule has 1 aromatic rings. The molecule has 0 radical (unpaired) electrons. The van der Waals surface area contributed by atoms with E-state index in [1.165, 1.54) is 0 Å². The lowest BCUT2D eigenvalue weighted by atomic mass is 9.97. The highest BCUT2D eigenvalue weighted by Gasteiger charge is 2.21. The molecule has 1 aliphatic rings. The highest BCUT2D eigenvalue weighted by molar-refractivity contribution is 6.30. The first-order valence-corrected chi connectivity index (χ1v) is 7.21. The first-order valence-electron chi connectivity index (χ1n) is 6.83. The second-order valence-electron chi connectivity index (χ2n) is 4.89. The monoisotopic (exact) mass is 281 g/mol. The molecule has 1 N–H and O–H groups in total. The Balaban J connectivity index is 2.10. The maximum absolute atomic E-state index is 12.1. The Kier molecular flexibility index (Phi) is 5.16. The van der Waals surface area contributed by atoms with Crippen molar-refractivity contribution in [3.05, 3.63) is 23.4 Å². The quantitative estimate of drug-likeness (QED) is 0.922. The van der Waals surface area contributed by atoms with Crippen LogP contribution in [-0.4, -0.2) is 30.5 Å². The van der Waals surface area contributed by atoms with Gasteiger partial charge in [-0.1, -0.05) is 18.5 Å². The number of amides is 1. The second-order valence-corrected chi connectivity index (χ2v) is 5.32. The molecule has 1 aliphatic heterocycles. The molecule has 2 heterocycles. The van der Waals surface area contributed by atoms with Gasteiger partial charge in [-0.2, -0.15) is 0 Å². The number of aromatic nitrogens is 1. The minimum absolute atomic E-state index is 0.119. The van der Waals surface area contributed by atoms with Crippen LogP contribution in [0.3, 0.4) is 0 Å². The summed E-state index contributed by atoms with van der Waals surface area (Å²) in [5, 5.41) is 3.93. The number of carbonyl (C=O) groups is 1. The van der Waals surface area contributed by atoms with Gasteiger partial charge in [0.05, 0.1) is 5.02 Å². The van der Waals surface area contributed by atoms with Crippen LogP contribution in [0.1, 0.15) is 26.2 Å². The molecule has 4 nitrogen and oxygen atoms in total. The average Bonchev–Trinajstić information content (AvgIpc) is 2.46. The van der Waals surface area contributed by atoms with E-state index < -0.39 is 0 Å². The number of rotatable bonds is 4. The van der Waals surface area contributed by atoms with Crippen LogP contribution in [0.5, 0.6) is 0 Å². The fourth-order valence-electron chi connectivity index (χ4n) is 2.36. The number of piperidine rings is 1. The molecule has 5 heteroatoms. The van der Waals surface area contributed by atoms with Gasteiger partial charge in [0.2, 0.25) is 5.91 Å². The van der Waals surface area contributed by atoms with Gasteiger partial charge >= 0.3 is 0 Å². The van der Waals surface area contributed by atoms with Crippen molar-refractivity contribution < 1.29 is 4.79 Å². The first-order chi connectivity index (χ1) is 9.20. The normalized spacial score (nSPS) is 16.3. The lowest BCUT2D eigenvalue weighted by Crippen LogP contribution is -2.39. The van der Waals surface area contributed by atoms with Crippen LogP contribution in [0.4, 0.5) is 5.82 Å². The van der Waals surface area contributed by atoms with Gasteiger partial charge in [0.15, 0.2) is 0 Å². The standard InChI is InChI=1S/C14H20ClN3O/c1-2-14(19)18(10-11-5-7-16-8-6-11)13-4-3-12(15)9-17-13/h3-4,9,11,16H,2,5-8,10H2,1H3. The molecule has 0 saturated carbocycles. The molecule has 0 unspecified atom stereocenters. The third kappa shape index (κ3) is 3.91. The Bertz CT molecular complexity index is 415. The minimum atomic E-state index is 0.119. The summed E-state index contributed by atoms with van der Waals surface area (Å²) in [4.78, 5) is 18.2. The molecule has 1 fully saturated rings. The summed E-state index contributed by atoms with van der Waals surface area (Å²) in [7, 11) is 0. The highest BCUT2D eigenvalue weighted by Crippen LogP contribution is 2.20. The van der Waals surface area contributed by atoms with E-state index in [9.17, 15) is 4.79 Å². The van der Waals surface area contributed by atoms with Gasteiger partial charge in [0.1, 0.15) is 5.82 Å². The third-order valence-electron chi connectivity index (χ3n) is 3.49. The van der Waals surface area contributed by atoms with Crippen LogP contribution in [0.15, 0.2) is 18.3 Å². The van der Waals surface area contributed by atoms with Crippen molar-refractivity contribution in [3.8, 4) is 0 Å². The SMILES string of the molecule is CCC(=O)N(CC1CCNCC1)c1ccc(Cl)cn1. The molecule has 2 rings (SSSR count). The first kappa shape index (κ1) is 14.3. The number of carbonyl (C=O) groups excluding carboxylic acids is 1. The predicted octanol–water partition coefficient (Wildman–Crippen LogP) is 2.48. The summed E-state index contributed by atoms with van der Waals surface area (Å²) in [6.45, 7) is 4.70. The van der Waals surface area contributed by atoms with Crippen LogP contribution in [0, 0.1) is 5.92 Å². The van der Waals surface area contributed by atoms with Crippen LogP contribution in [0.2, 0.25) is 5.02 Å². The Labute approximate surface area is 119 Å². The second kappa shape index (κ2) is 6.87. The smallest absolute Gasteiger partial charge is 0.227 e. The van der Waals surface area contributed by atoms with Crippen LogP contribution >= 0.6 is 11.6 Å². The predicted molar refractivity (Wildman–Crippen MR) is 77.5 cm³/mol. The van der Waals surface area contributed by atoms with Crippen molar-refractivity contribution in [3.63, 3.8) is 0 Å². The average molecular weight is 282 g/mol. The van der Waals surface area contributed by atoms with E-state index in [4.69, 9.17) is 11.6 Å². The zero-order valence-corrected chi connectivity index (χ0v) is 12.0. The molecule has 0 atom stereocenters. The Morgan fingerprint density at radius 3 is 2.79 bits per heavy atom. The van der Waals surface area contributed by atoms with E-state index in [0.717, 1.165) is 32.5 Å². The molecular weight excluding hydrogens is 262 g/mol. The zero-order chi connectivity index (χ0) is 13.7. The maximum Gasteiger partial charge on any atom is 0.227 e. The number of nitrogens with zero attached hydrogens (tertiary/aromatic N) is 2. The number of hydrogen-bond acceptors (Lipinski definition) is 3. The summed E-state index contributed by atoms with van der Waals surface area (Å²) in [5.41, 5.74) is 0. The Morgan fingerprint density at radius 1 is 1.47 bits per heavy atom. The van der Waals surface area contributed by atoms with Crippen molar-refractivity contribution in [1.29, 1.82) is 0 Å². The molecule has 0 spiro atoms. The van der Waals surface area contributed by atoms with E-state index in [2.05, 4.69) is 10.3 Å². The van der Waals surface area contributed by atoms with E-state index in [1.807, 2.05) is 13.0 Å². The van der Waals surface area contributed by atoms with Gasteiger partial charge in [-0.05, 0) is 44.0 Å². The van der Waals surface area contributed by atoms with Gasteiger partial charge < -0.3 is 5.32 Å². The molecular formula is C14H20ClN3O. The molecule has 0 aliphatic carbocycles. The molecule has 0 aromatic carbocycles. The van der Waals surface area contributed by atoms with Crippen LogP contribution < -0.4 is 10.2 Å². The van der Waals surface area contributed by atoms with Crippen LogP contribution in [0.25, 0.3) is 0 Å². The molecule has 0 bridgehead atoms. The van der Waals surface area contributed by atoms with Crippen molar-refractivity contribution >= 4 is 23.3 Å². The zero-order valence-electron chi connectivity index (χ0n) is 11.2. The van der Waals surface area contributed by atoms with Crippen molar-refractivity contribution in [2.45, 2.75) is 26.2 Å². The third-order valence-corrected chi connectivity index (χ3v) is 3.71. The van der Waals surface area contributed by atoms with E-state index in [0.29, 0.717) is 23.2 Å². The van der Waals surface area contributed by atoms with Crippen LogP contribution in [-0.2, 0) is 4.79 Å². The number of anilines is 1. The van der Waals surface area contributed by atoms with Gasteiger partial charge in [-0.3, -0.25) is 9.69 Å². The van der Waals surface area contributed by atoms with Gasteiger partial charge in [-0.15, -0.1) is 0 Å². The summed E-state index contributed by atoms with van der Waals surface area (Å²) in [5.74, 6) is 1.37. The lowest BCUT2D eigenvalue weighted by Gasteiger charge is -2.29. The van der Waals surface area contributed by atoms with Crippen molar-refractivity contribution in [2.75, 3.05) is 24.5 Å². The van der Waals surface area contributed by atoms with E-state index >= 15 is 0 Å². The van der Waals surface area contributed by atoms with Gasteiger partial charge in [-0.25, -0.2) is 4.98 Å². The summed E-state index contributed by atoms with van der Waals surface area (Å²) < 4.78 is 0. The summed E-state index contributed by atoms with van der Waals surface area (Å²) in [6.07, 6.45) is 4.31. The molecule has 1 saturated heterocycles. The number of hydrogen-bond donors (Lipinski definition) is 1. The van der Waals surface area contributed by atoms with Crippen molar-refractivity contribution in [1.82, 2.24) is 10.3 Å². The largest absolute Gasteiger partial charge is 0.317 e. The Hall–Kier alpha value is -1.13. The molecule has 1 amide bonds. The molecule has 19 heavy (non-hydrogen) atoms. The topological polar surface area (TPSA) is 45.2 Å². The van der Waals surface area contributed by atoms with Gasteiger partial charge in [0.25, 0.3) is 0 Å². The Morgan fingerprint density at radius 2 is 2.21 bits per heavy atom. The van der Waals surface area contributed by atoms with Gasteiger partial charge in [0, 0.05) is 19.2 Å². The summed E-state index contributed by atoms with van der Waals surface area (Å²) >= 11 is 5.85. The molecule has 104 valence electrons. The van der Waals surface area contributed by atoms with E-state index in [1.54, 1.807) is 17.2 Å². The lowest BCUT2D eigenvalue weighted by molar-refractivity contribution is -0.118. The minimum Gasteiger partial charge on any atom is -0.317 e. The number of halogens is 1. The number of pyridine rings is 1. The fraction of sp³-hybridized carbons (Fsp3) is 0.571. The fourth-order valence-corrected chi connectivity index (χ4v) is 2.48. The maximum atomic E-state index is 12.1. The molecule has 1 aromatic heterocycles. The number of nitrogens with one attached hydrogen (secondary N) is 1. The summed E-state index contributed by atoms with van der Waals surface area (Å²) in [6, 6.07) is 3.60.